The smallest absolute Gasteiger partial charge is 0.191 e. The lowest BCUT2D eigenvalue weighted by Gasteiger charge is -2.36. The van der Waals surface area contributed by atoms with Crippen molar-refractivity contribution in [3.8, 4) is 0 Å². The van der Waals surface area contributed by atoms with Crippen molar-refractivity contribution < 1.29 is 13.6 Å². The van der Waals surface area contributed by atoms with E-state index in [0.717, 1.165) is 26.2 Å². The number of epoxide rings is 1. The SMILES string of the molecule is C=CCCCCO[Si](C)(C)C(C)(C)C.CC(C)(C)[Si](C)(C)OCCCCC1CO1. The monoisotopic (exact) mass is 444 g/mol. The molecule has 0 saturated carbocycles. The maximum atomic E-state index is 6.09. The number of rotatable bonds is 12. The summed E-state index contributed by atoms with van der Waals surface area (Å²) in [6, 6.07) is 0. The van der Waals surface area contributed by atoms with Crippen molar-refractivity contribution in [2.45, 2.75) is 122 Å². The Morgan fingerprint density at radius 1 is 0.828 bits per heavy atom. The normalized spacial score (nSPS) is 17.5. The molecule has 5 heteroatoms. The number of unbranched alkanes of at least 4 members (excludes halogenated alkanes) is 3. The van der Waals surface area contributed by atoms with Gasteiger partial charge in [-0.2, -0.15) is 0 Å². The van der Waals surface area contributed by atoms with E-state index in [1.165, 1.54) is 32.1 Å². The summed E-state index contributed by atoms with van der Waals surface area (Å²) in [5, 5.41) is 0.679. The Morgan fingerprint density at radius 2 is 1.24 bits per heavy atom. The Labute approximate surface area is 185 Å². The van der Waals surface area contributed by atoms with Crippen LogP contribution in [0.2, 0.25) is 36.3 Å². The summed E-state index contributed by atoms with van der Waals surface area (Å²) in [5.41, 5.74) is 0. The summed E-state index contributed by atoms with van der Waals surface area (Å²) >= 11 is 0. The van der Waals surface area contributed by atoms with E-state index in [9.17, 15) is 0 Å². The fraction of sp³-hybridized carbons (Fsp3) is 0.917. The van der Waals surface area contributed by atoms with E-state index in [1.54, 1.807) is 0 Å². The molecule has 1 aliphatic rings. The lowest BCUT2D eigenvalue weighted by Crippen LogP contribution is -2.40. The zero-order valence-electron chi connectivity index (χ0n) is 21.5. The van der Waals surface area contributed by atoms with Crippen LogP contribution >= 0.6 is 0 Å². The highest BCUT2D eigenvalue weighted by Crippen LogP contribution is 2.37. The zero-order chi connectivity index (χ0) is 22.8. The minimum absolute atomic E-state index is 0.339. The van der Waals surface area contributed by atoms with E-state index in [0.29, 0.717) is 16.2 Å². The summed E-state index contributed by atoms with van der Waals surface area (Å²) < 4.78 is 17.3. The van der Waals surface area contributed by atoms with E-state index in [1.807, 2.05) is 6.08 Å². The van der Waals surface area contributed by atoms with Gasteiger partial charge in [0.15, 0.2) is 16.6 Å². The van der Waals surface area contributed by atoms with Crippen LogP contribution in [-0.2, 0) is 13.6 Å². The molecule has 0 spiro atoms. The van der Waals surface area contributed by atoms with Gasteiger partial charge in [-0.05, 0) is 74.8 Å². The first-order valence-electron chi connectivity index (χ1n) is 11.6. The summed E-state index contributed by atoms with van der Waals surface area (Å²) in [6.45, 7) is 29.5. The van der Waals surface area contributed by atoms with Crippen LogP contribution in [0.25, 0.3) is 0 Å². The first kappa shape index (κ1) is 29.1. The van der Waals surface area contributed by atoms with Crippen LogP contribution in [0.3, 0.4) is 0 Å². The second-order valence-corrected chi connectivity index (χ2v) is 21.1. The molecular weight excluding hydrogens is 392 g/mol. The van der Waals surface area contributed by atoms with Crippen LogP contribution in [0.5, 0.6) is 0 Å². The van der Waals surface area contributed by atoms with Gasteiger partial charge in [0.05, 0.1) is 12.7 Å². The van der Waals surface area contributed by atoms with Gasteiger partial charge < -0.3 is 13.6 Å². The highest BCUT2D eigenvalue weighted by molar-refractivity contribution is 6.74. The fourth-order valence-corrected chi connectivity index (χ4v) is 4.36. The van der Waals surface area contributed by atoms with Gasteiger partial charge >= 0.3 is 0 Å². The van der Waals surface area contributed by atoms with Crippen LogP contribution in [0, 0.1) is 0 Å². The lowest BCUT2D eigenvalue weighted by atomic mass is 10.2. The zero-order valence-corrected chi connectivity index (χ0v) is 23.5. The van der Waals surface area contributed by atoms with Gasteiger partial charge in [0, 0.05) is 13.2 Å². The average Bonchev–Trinajstić information content (AvgIpc) is 3.37. The largest absolute Gasteiger partial charge is 0.417 e. The van der Waals surface area contributed by atoms with Crippen molar-refractivity contribution in [3.05, 3.63) is 12.7 Å². The third-order valence-electron chi connectivity index (χ3n) is 6.66. The molecule has 1 rings (SSSR count). The molecule has 0 amide bonds. The predicted octanol–water partition coefficient (Wildman–Crippen LogP) is 7.94. The van der Waals surface area contributed by atoms with Gasteiger partial charge in [-0.25, -0.2) is 0 Å². The summed E-state index contributed by atoms with van der Waals surface area (Å²) in [5.74, 6) is 0. The molecule has 0 radical (unpaired) electrons. The van der Waals surface area contributed by atoms with Crippen molar-refractivity contribution in [2.75, 3.05) is 19.8 Å². The maximum Gasteiger partial charge on any atom is 0.191 e. The first-order valence-corrected chi connectivity index (χ1v) is 17.5. The van der Waals surface area contributed by atoms with Crippen molar-refractivity contribution in [2.24, 2.45) is 0 Å². The van der Waals surface area contributed by atoms with Crippen molar-refractivity contribution in [1.82, 2.24) is 0 Å². The summed E-state index contributed by atoms with van der Waals surface area (Å²) in [4.78, 5) is 0. The van der Waals surface area contributed by atoms with E-state index in [2.05, 4.69) is 74.3 Å². The number of allylic oxidation sites excluding steroid dienone is 1. The third kappa shape index (κ3) is 13.2. The minimum Gasteiger partial charge on any atom is -0.417 e. The molecule has 1 heterocycles. The standard InChI is InChI=1S/C12H26O2Si.C12H26OSi/c1-12(2,3)15(4,5)14-9-7-6-8-11-10-13-11;1-7-8-9-10-11-13-14(5,6)12(2,3)4/h11H,6-10H2,1-5H3;7H,1,8-11H2,2-6H3. The van der Waals surface area contributed by atoms with E-state index in [-0.39, 0.29) is 0 Å². The van der Waals surface area contributed by atoms with Crippen LogP contribution in [0.15, 0.2) is 12.7 Å². The Morgan fingerprint density at radius 3 is 1.59 bits per heavy atom. The van der Waals surface area contributed by atoms with Gasteiger partial charge in [0.25, 0.3) is 0 Å². The fourth-order valence-electron chi connectivity index (χ4n) is 2.19. The molecule has 1 unspecified atom stereocenters. The molecule has 1 aliphatic heterocycles. The summed E-state index contributed by atoms with van der Waals surface area (Å²) in [6.07, 6.45) is 9.70. The number of hydrogen-bond donors (Lipinski definition) is 0. The molecule has 3 nitrogen and oxygen atoms in total. The molecule has 174 valence electrons. The van der Waals surface area contributed by atoms with E-state index < -0.39 is 16.6 Å². The quantitative estimate of drug-likeness (QED) is 0.132. The Bertz CT molecular complexity index is 444. The minimum atomic E-state index is -1.50. The Balaban J connectivity index is 0.000000543. The first-order chi connectivity index (χ1) is 13.1. The average molecular weight is 445 g/mol. The molecule has 0 N–H and O–H groups in total. The lowest BCUT2D eigenvalue weighted by molar-refractivity contribution is 0.274. The van der Waals surface area contributed by atoms with Crippen molar-refractivity contribution in [3.63, 3.8) is 0 Å². The Hall–Kier alpha value is 0.0538. The predicted molar refractivity (Wildman–Crippen MR) is 134 cm³/mol. The molecule has 0 bridgehead atoms. The number of hydrogen-bond acceptors (Lipinski definition) is 3. The molecule has 0 aromatic rings. The Kier molecular flexibility index (Phi) is 12.8. The highest BCUT2D eigenvalue weighted by atomic mass is 28.4. The molecular formula is C24H52O3Si2. The topological polar surface area (TPSA) is 31.0 Å². The van der Waals surface area contributed by atoms with Crippen LogP contribution in [0.1, 0.15) is 80.1 Å². The van der Waals surface area contributed by atoms with Gasteiger partial charge in [-0.15, -0.1) is 6.58 Å². The molecule has 1 atom stereocenters. The van der Waals surface area contributed by atoms with Crippen LogP contribution in [-0.4, -0.2) is 42.6 Å². The second-order valence-electron chi connectivity index (χ2n) is 11.5. The van der Waals surface area contributed by atoms with Gasteiger partial charge in [-0.1, -0.05) is 47.6 Å². The number of ether oxygens (including phenoxy) is 1. The van der Waals surface area contributed by atoms with Gasteiger partial charge in [0.1, 0.15) is 0 Å². The van der Waals surface area contributed by atoms with Gasteiger partial charge in [0.2, 0.25) is 0 Å². The van der Waals surface area contributed by atoms with E-state index >= 15 is 0 Å². The van der Waals surface area contributed by atoms with Crippen LogP contribution in [0.4, 0.5) is 0 Å². The second kappa shape index (κ2) is 12.8. The molecule has 0 aromatic carbocycles. The molecule has 29 heavy (non-hydrogen) atoms. The van der Waals surface area contributed by atoms with E-state index in [4.69, 9.17) is 13.6 Å². The van der Waals surface area contributed by atoms with Crippen LogP contribution < -0.4 is 0 Å². The highest BCUT2D eigenvalue weighted by Gasteiger charge is 2.37. The molecule has 1 saturated heterocycles. The van der Waals surface area contributed by atoms with Crippen molar-refractivity contribution in [1.29, 1.82) is 0 Å². The summed E-state index contributed by atoms with van der Waals surface area (Å²) in [7, 11) is -2.99. The maximum absolute atomic E-state index is 6.09. The molecule has 1 fully saturated rings. The molecule has 0 aromatic heterocycles. The van der Waals surface area contributed by atoms with Gasteiger partial charge in [-0.3, -0.25) is 0 Å². The third-order valence-corrected chi connectivity index (χ3v) is 15.7. The van der Waals surface area contributed by atoms with Crippen molar-refractivity contribution >= 4 is 16.6 Å². The molecule has 0 aliphatic carbocycles.